The van der Waals surface area contributed by atoms with Crippen LogP contribution in [0.1, 0.15) is 59.8 Å². The van der Waals surface area contributed by atoms with Crippen molar-refractivity contribution in [1.29, 1.82) is 0 Å². The summed E-state index contributed by atoms with van der Waals surface area (Å²) in [6.45, 7) is 11.7. The van der Waals surface area contributed by atoms with Crippen molar-refractivity contribution in [2.45, 2.75) is 65.9 Å². The zero-order chi connectivity index (χ0) is 13.9. The first kappa shape index (κ1) is 17.9. The molecule has 3 heteroatoms. The van der Waals surface area contributed by atoms with Gasteiger partial charge in [-0.3, -0.25) is 0 Å². The first-order valence-electron chi connectivity index (χ1n) is 7.48. The molecule has 1 unspecified atom stereocenters. The maximum atomic E-state index is 9.73. The lowest BCUT2D eigenvalue weighted by molar-refractivity contribution is 0.0344. The Morgan fingerprint density at radius 3 is 2.50 bits per heavy atom. The summed E-state index contributed by atoms with van der Waals surface area (Å²) in [5.74, 6) is 0. The van der Waals surface area contributed by atoms with Gasteiger partial charge in [-0.2, -0.15) is 0 Å². The van der Waals surface area contributed by atoms with Gasteiger partial charge in [-0.1, -0.05) is 47.0 Å². The molecule has 3 nitrogen and oxygen atoms in total. The van der Waals surface area contributed by atoms with E-state index in [4.69, 9.17) is 4.74 Å². The molecular weight excluding hydrogens is 226 g/mol. The Morgan fingerprint density at radius 1 is 1.17 bits per heavy atom. The SMILES string of the molecule is CCCCCCOCC(O)CNCC(C)(C)CC. The number of aliphatic hydroxyl groups excluding tert-OH is 1. The zero-order valence-corrected chi connectivity index (χ0v) is 12.8. The van der Waals surface area contributed by atoms with Gasteiger partial charge in [0.1, 0.15) is 0 Å². The molecule has 0 bridgehead atoms. The van der Waals surface area contributed by atoms with Crippen LogP contribution < -0.4 is 5.32 Å². The number of ether oxygens (including phenoxy) is 1. The maximum absolute atomic E-state index is 9.73. The Labute approximate surface area is 113 Å². The third-order valence-electron chi connectivity index (χ3n) is 3.39. The van der Waals surface area contributed by atoms with Crippen molar-refractivity contribution in [3.8, 4) is 0 Å². The fourth-order valence-electron chi connectivity index (χ4n) is 1.61. The summed E-state index contributed by atoms with van der Waals surface area (Å²) in [6, 6.07) is 0. The molecule has 0 fully saturated rings. The highest BCUT2D eigenvalue weighted by Crippen LogP contribution is 2.17. The summed E-state index contributed by atoms with van der Waals surface area (Å²) < 4.78 is 5.46. The van der Waals surface area contributed by atoms with Crippen molar-refractivity contribution in [2.75, 3.05) is 26.3 Å². The van der Waals surface area contributed by atoms with Crippen LogP contribution in [0, 0.1) is 5.41 Å². The molecule has 0 amide bonds. The minimum atomic E-state index is -0.385. The Kier molecular flexibility index (Phi) is 10.7. The molecule has 0 radical (unpaired) electrons. The fraction of sp³-hybridized carbons (Fsp3) is 1.00. The average molecular weight is 259 g/mol. The summed E-state index contributed by atoms with van der Waals surface area (Å²) in [5, 5.41) is 13.0. The van der Waals surface area contributed by atoms with Crippen LogP contribution in [0.25, 0.3) is 0 Å². The van der Waals surface area contributed by atoms with E-state index >= 15 is 0 Å². The molecule has 0 heterocycles. The number of aliphatic hydroxyl groups is 1. The topological polar surface area (TPSA) is 41.5 Å². The molecule has 110 valence electrons. The summed E-state index contributed by atoms with van der Waals surface area (Å²) in [4.78, 5) is 0. The van der Waals surface area contributed by atoms with E-state index in [9.17, 15) is 5.11 Å². The molecule has 0 aromatic rings. The molecule has 0 aliphatic rings. The number of hydrogen-bond donors (Lipinski definition) is 2. The fourth-order valence-corrected chi connectivity index (χ4v) is 1.61. The third kappa shape index (κ3) is 11.0. The van der Waals surface area contributed by atoms with Crippen LogP contribution in [0.15, 0.2) is 0 Å². The first-order chi connectivity index (χ1) is 8.52. The standard InChI is InChI=1S/C15H33NO2/c1-5-7-8-9-10-18-12-14(17)11-16-13-15(3,4)6-2/h14,16-17H,5-13H2,1-4H3. The molecule has 0 aromatic heterocycles. The lowest BCUT2D eigenvalue weighted by Crippen LogP contribution is -2.36. The van der Waals surface area contributed by atoms with Crippen LogP contribution >= 0.6 is 0 Å². The van der Waals surface area contributed by atoms with Gasteiger partial charge in [-0.05, 0) is 18.3 Å². The molecular formula is C15H33NO2. The van der Waals surface area contributed by atoms with Gasteiger partial charge >= 0.3 is 0 Å². The lowest BCUT2D eigenvalue weighted by Gasteiger charge is -2.23. The first-order valence-corrected chi connectivity index (χ1v) is 7.48. The van der Waals surface area contributed by atoms with Crippen molar-refractivity contribution >= 4 is 0 Å². The normalized spacial score (nSPS) is 13.8. The minimum absolute atomic E-state index is 0.306. The van der Waals surface area contributed by atoms with E-state index in [-0.39, 0.29) is 6.10 Å². The number of hydrogen-bond acceptors (Lipinski definition) is 3. The van der Waals surface area contributed by atoms with E-state index in [1.54, 1.807) is 0 Å². The lowest BCUT2D eigenvalue weighted by atomic mass is 9.90. The smallest absolute Gasteiger partial charge is 0.0897 e. The van der Waals surface area contributed by atoms with E-state index in [2.05, 4.69) is 33.0 Å². The quantitative estimate of drug-likeness (QED) is 0.529. The zero-order valence-electron chi connectivity index (χ0n) is 12.8. The molecule has 0 aromatic carbocycles. The predicted molar refractivity (Wildman–Crippen MR) is 77.9 cm³/mol. The molecule has 0 saturated heterocycles. The van der Waals surface area contributed by atoms with E-state index in [0.29, 0.717) is 18.6 Å². The van der Waals surface area contributed by atoms with E-state index in [1.165, 1.54) is 19.3 Å². The van der Waals surface area contributed by atoms with Crippen LogP contribution in [0.2, 0.25) is 0 Å². The third-order valence-corrected chi connectivity index (χ3v) is 3.39. The molecule has 2 N–H and O–H groups in total. The van der Waals surface area contributed by atoms with E-state index in [0.717, 1.165) is 26.0 Å². The molecule has 0 saturated carbocycles. The second-order valence-electron chi connectivity index (χ2n) is 5.94. The van der Waals surface area contributed by atoms with Crippen molar-refractivity contribution in [1.82, 2.24) is 5.32 Å². The second kappa shape index (κ2) is 10.8. The van der Waals surface area contributed by atoms with Gasteiger partial charge < -0.3 is 15.2 Å². The Morgan fingerprint density at radius 2 is 1.89 bits per heavy atom. The second-order valence-corrected chi connectivity index (χ2v) is 5.94. The van der Waals surface area contributed by atoms with Gasteiger partial charge in [0.05, 0.1) is 12.7 Å². The van der Waals surface area contributed by atoms with Crippen LogP contribution in [0.4, 0.5) is 0 Å². The predicted octanol–water partition coefficient (Wildman–Crippen LogP) is 2.97. The van der Waals surface area contributed by atoms with E-state index < -0.39 is 0 Å². The van der Waals surface area contributed by atoms with Gasteiger partial charge in [0.2, 0.25) is 0 Å². The average Bonchev–Trinajstić information content (AvgIpc) is 2.33. The summed E-state index contributed by atoms with van der Waals surface area (Å²) in [5.41, 5.74) is 0.306. The number of rotatable bonds is 12. The molecule has 0 aliphatic carbocycles. The monoisotopic (exact) mass is 259 g/mol. The van der Waals surface area contributed by atoms with Gasteiger partial charge in [0.15, 0.2) is 0 Å². The van der Waals surface area contributed by atoms with Crippen molar-refractivity contribution < 1.29 is 9.84 Å². The Hall–Kier alpha value is -0.120. The largest absolute Gasteiger partial charge is 0.389 e. The van der Waals surface area contributed by atoms with E-state index in [1.807, 2.05) is 0 Å². The highest BCUT2D eigenvalue weighted by molar-refractivity contribution is 4.70. The molecule has 0 spiro atoms. The number of nitrogens with one attached hydrogen (secondary N) is 1. The van der Waals surface area contributed by atoms with Crippen molar-refractivity contribution in [2.24, 2.45) is 5.41 Å². The highest BCUT2D eigenvalue weighted by atomic mass is 16.5. The van der Waals surface area contributed by atoms with Crippen LogP contribution in [0.3, 0.4) is 0 Å². The molecule has 1 atom stereocenters. The molecule has 18 heavy (non-hydrogen) atoms. The Bertz CT molecular complexity index is 183. The Balaban J connectivity index is 3.35. The summed E-state index contributed by atoms with van der Waals surface area (Å²) in [7, 11) is 0. The van der Waals surface area contributed by atoms with Crippen molar-refractivity contribution in [3.63, 3.8) is 0 Å². The van der Waals surface area contributed by atoms with Crippen LogP contribution in [-0.2, 0) is 4.74 Å². The van der Waals surface area contributed by atoms with Crippen molar-refractivity contribution in [3.05, 3.63) is 0 Å². The van der Waals surface area contributed by atoms with Gasteiger partial charge in [-0.25, -0.2) is 0 Å². The minimum Gasteiger partial charge on any atom is -0.389 e. The van der Waals surface area contributed by atoms with Crippen LogP contribution in [0.5, 0.6) is 0 Å². The maximum Gasteiger partial charge on any atom is 0.0897 e. The van der Waals surface area contributed by atoms with Gasteiger partial charge in [-0.15, -0.1) is 0 Å². The summed E-state index contributed by atoms with van der Waals surface area (Å²) in [6.07, 6.45) is 5.62. The molecule has 0 aliphatic heterocycles. The van der Waals surface area contributed by atoms with Crippen LogP contribution in [-0.4, -0.2) is 37.5 Å². The highest BCUT2D eigenvalue weighted by Gasteiger charge is 2.14. The number of unbranched alkanes of at least 4 members (excludes halogenated alkanes) is 3. The molecule has 0 rings (SSSR count). The van der Waals surface area contributed by atoms with Gasteiger partial charge in [0.25, 0.3) is 0 Å². The van der Waals surface area contributed by atoms with Gasteiger partial charge in [0, 0.05) is 19.7 Å². The summed E-state index contributed by atoms with van der Waals surface area (Å²) >= 11 is 0.